The summed E-state index contributed by atoms with van der Waals surface area (Å²) in [6, 6.07) is 14.1. The van der Waals surface area contributed by atoms with Crippen LogP contribution in [0.3, 0.4) is 0 Å². The summed E-state index contributed by atoms with van der Waals surface area (Å²) in [5.41, 5.74) is 3.07. The smallest absolute Gasteiger partial charge is 0.318 e. The van der Waals surface area contributed by atoms with Crippen molar-refractivity contribution in [2.75, 3.05) is 6.54 Å². The molecule has 0 aromatic heterocycles. The lowest BCUT2D eigenvalue weighted by molar-refractivity contribution is 0.244. The molecule has 3 nitrogen and oxygen atoms in total. The SMILES string of the molecule is Cc1ccc(/C=C/NC(=O)NCCc2cccc(F)c2)cc1. The van der Waals surface area contributed by atoms with E-state index in [1.165, 1.54) is 17.7 Å². The number of hydrogen-bond donors (Lipinski definition) is 2. The van der Waals surface area contributed by atoms with Crippen LogP contribution in [0.1, 0.15) is 16.7 Å². The number of nitrogens with one attached hydrogen (secondary N) is 2. The molecule has 0 aliphatic carbocycles. The molecule has 0 bridgehead atoms. The molecule has 22 heavy (non-hydrogen) atoms. The van der Waals surface area contributed by atoms with Crippen LogP contribution in [0.25, 0.3) is 6.08 Å². The van der Waals surface area contributed by atoms with Crippen molar-refractivity contribution in [3.8, 4) is 0 Å². The van der Waals surface area contributed by atoms with E-state index in [-0.39, 0.29) is 11.8 Å². The molecule has 0 fully saturated rings. The van der Waals surface area contributed by atoms with Crippen molar-refractivity contribution in [3.63, 3.8) is 0 Å². The molecular weight excluding hydrogens is 279 g/mol. The summed E-state index contributed by atoms with van der Waals surface area (Å²) in [4.78, 5) is 11.6. The topological polar surface area (TPSA) is 41.1 Å². The van der Waals surface area contributed by atoms with Crippen molar-refractivity contribution in [3.05, 3.63) is 77.2 Å². The van der Waals surface area contributed by atoms with Gasteiger partial charge in [-0.05, 0) is 42.7 Å². The Kier molecular flexibility index (Phi) is 5.72. The average molecular weight is 298 g/mol. The lowest BCUT2D eigenvalue weighted by Gasteiger charge is -2.05. The van der Waals surface area contributed by atoms with Gasteiger partial charge in [-0.15, -0.1) is 0 Å². The number of amides is 2. The van der Waals surface area contributed by atoms with E-state index in [1.54, 1.807) is 12.3 Å². The summed E-state index contributed by atoms with van der Waals surface area (Å²) in [5, 5.41) is 5.36. The lowest BCUT2D eigenvalue weighted by Crippen LogP contribution is -2.33. The van der Waals surface area contributed by atoms with Crippen molar-refractivity contribution in [1.82, 2.24) is 10.6 Å². The summed E-state index contributed by atoms with van der Waals surface area (Å²) in [7, 11) is 0. The average Bonchev–Trinajstić information content (AvgIpc) is 2.49. The van der Waals surface area contributed by atoms with E-state index in [1.807, 2.05) is 43.3 Å². The van der Waals surface area contributed by atoms with E-state index in [2.05, 4.69) is 10.6 Å². The van der Waals surface area contributed by atoms with Gasteiger partial charge in [-0.25, -0.2) is 9.18 Å². The molecule has 0 spiro atoms. The Morgan fingerprint density at radius 2 is 1.95 bits per heavy atom. The molecule has 0 saturated heterocycles. The highest BCUT2D eigenvalue weighted by molar-refractivity contribution is 5.75. The maximum Gasteiger partial charge on any atom is 0.318 e. The molecule has 2 N–H and O–H groups in total. The molecular formula is C18H19FN2O. The van der Waals surface area contributed by atoms with E-state index in [0.717, 1.165) is 11.1 Å². The molecule has 2 rings (SSSR count). The molecule has 2 aromatic rings. The van der Waals surface area contributed by atoms with Crippen LogP contribution in [0.2, 0.25) is 0 Å². The van der Waals surface area contributed by atoms with Crippen LogP contribution < -0.4 is 10.6 Å². The molecule has 0 radical (unpaired) electrons. The highest BCUT2D eigenvalue weighted by atomic mass is 19.1. The van der Waals surface area contributed by atoms with E-state index >= 15 is 0 Å². The Morgan fingerprint density at radius 3 is 2.68 bits per heavy atom. The molecule has 0 heterocycles. The molecule has 0 saturated carbocycles. The fourth-order valence-corrected chi connectivity index (χ4v) is 1.96. The minimum Gasteiger partial charge on any atom is -0.338 e. The minimum absolute atomic E-state index is 0.261. The van der Waals surface area contributed by atoms with Crippen molar-refractivity contribution >= 4 is 12.1 Å². The third-order valence-corrected chi connectivity index (χ3v) is 3.16. The molecule has 4 heteroatoms. The zero-order chi connectivity index (χ0) is 15.8. The lowest BCUT2D eigenvalue weighted by atomic mass is 10.1. The highest BCUT2D eigenvalue weighted by Crippen LogP contribution is 2.04. The van der Waals surface area contributed by atoms with Crippen molar-refractivity contribution in [2.24, 2.45) is 0 Å². The third kappa shape index (κ3) is 5.40. The van der Waals surface area contributed by atoms with Gasteiger partial charge in [-0.1, -0.05) is 42.0 Å². The Morgan fingerprint density at radius 1 is 1.18 bits per heavy atom. The molecule has 0 aliphatic heterocycles. The Balaban J connectivity index is 1.70. The van der Waals surface area contributed by atoms with Gasteiger partial charge in [0, 0.05) is 12.7 Å². The second-order valence-corrected chi connectivity index (χ2v) is 5.02. The monoisotopic (exact) mass is 298 g/mol. The van der Waals surface area contributed by atoms with Gasteiger partial charge < -0.3 is 10.6 Å². The van der Waals surface area contributed by atoms with Crippen LogP contribution in [0.4, 0.5) is 9.18 Å². The molecule has 0 atom stereocenters. The number of carbonyl (C=O) groups is 1. The van der Waals surface area contributed by atoms with Gasteiger partial charge in [0.05, 0.1) is 0 Å². The molecule has 2 amide bonds. The molecule has 0 aliphatic rings. The molecule has 2 aromatic carbocycles. The Hall–Kier alpha value is -2.62. The first-order chi connectivity index (χ1) is 10.6. The van der Waals surface area contributed by atoms with Gasteiger partial charge in [0.15, 0.2) is 0 Å². The number of halogens is 1. The fraction of sp³-hybridized carbons (Fsp3) is 0.167. The van der Waals surface area contributed by atoms with Gasteiger partial charge in [0.2, 0.25) is 0 Å². The van der Waals surface area contributed by atoms with Crippen molar-refractivity contribution in [1.29, 1.82) is 0 Å². The minimum atomic E-state index is -0.278. The van der Waals surface area contributed by atoms with E-state index in [4.69, 9.17) is 0 Å². The normalized spacial score (nSPS) is 10.6. The quantitative estimate of drug-likeness (QED) is 0.869. The van der Waals surface area contributed by atoms with Gasteiger partial charge in [0.25, 0.3) is 0 Å². The zero-order valence-corrected chi connectivity index (χ0v) is 12.5. The predicted molar refractivity (Wildman–Crippen MR) is 86.9 cm³/mol. The van der Waals surface area contributed by atoms with E-state index < -0.39 is 0 Å². The van der Waals surface area contributed by atoms with Crippen molar-refractivity contribution in [2.45, 2.75) is 13.3 Å². The van der Waals surface area contributed by atoms with Crippen LogP contribution in [0, 0.1) is 12.7 Å². The summed E-state index contributed by atoms with van der Waals surface area (Å²) >= 11 is 0. The highest BCUT2D eigenvalue weighted by Gasteiger charge is 1.98. The summed E-state index contributed by atoms with van der Waals surface area (Å²) in [5.74, 6) is -0.261. The van der Waals surface area contributed by atoms with E-state index in [9.17, 15) is 9.18 Å². The molecule has 0 unspecified atom stereocenters. The number of carbonyl (C=O) groups excluding carboxylic acids is 1. The van der Waals surface area contributed by atoms with Gasteiger partial charge in [-0.2, -0.15) is 0 Å². The maximum absolute atomic E-state index is 13.0. The number of rotatable bonds is 5. The summed E-state index contributed by atoms with van der Waals surface area (Å²) < 4.78 is 13.0. The van der Waals surface area contributed by atoms with Crippen LogP contribution in [0.15, 0.2) is 54.7 Å². The first-order valence-corrected chi connectivity index (χ1v) is 7.15. The van der Waals surface area contributed by atoms with Crippen LogP contribution in [0.5, 0.6) is 0 Å². The first-order valence-electron chi connectivity index (χ1n) is 7.15. The van der Waals surface area contributed by atoms with Gasteiger partial charge in [-0.3, -0.25) is 0 Å². The van der Waals surface area contributed by atoms with Gasteiger partial charge >= 0.3 is 6.03 Å². The van der Waals surface area contributed by atoms with Gasteiger partial charge in [0.1, 0.15) is 5.82 Å². The Labute approximate surface area is 129 Å². The number of hydrogen-bond acceptors (Lipinski definition) is 1. The largest absolute Gasteiger partial charge is 0.338 e. The van der Waals surface area contributed by atoms with Crippen LogP contribution in [-0.4, -0.2) is 12.6 Å². The number of aryl methyl sites for hydroxylation is 1. The second-order valence-electron chi connectivity index (χ2n) is 5.02. The summed E-state index contributed by atoms with van der Waals surface area (Å²) in [6.45, 7) is 2.48. The Bertz CT molecular complexity index is 650. The maximum atomic E-state index is 13.0. The molecule has 114 valence electrons. The van der Waals surface area contributed by atoms with Crippen LogP contribution in [-0.2, 0) is 6.42 Å². The van der Waals surface area contributed by atoms with Crippen LogP contribution >= 0.6 is 0 Å². The predicted octanol–water partition coefficient (Wildman–Crippen LogP) is 3.65. The van der Waals surface area contributed by atoms with E-state index in [0.29, 0.717) is 13.0 Å². The van der Waals surface area contributed by atoms with Crippen molar-refractivity contribution < 1.29 is 9.18 Å². The number of urea groups is 1. The second kappa shape index (κ2) is 7.98. The standard InChI is InChI=1S/C18H19FN2O/c1-14-5-7-15(8-6-14)9-11-20-18(22)21-12-10-16-3-2-4-17(19)13-16/h2-9,11,13H,10,12H2,1H3,(H2,20,21,22)/b11-9+. The third-order valence-electron chi connectivity index (χ3n) is 3.16. The fourth-order valence-electron chi connectivity index (χ4n) is 1.96. The first kappa shape index (κ1) is 15.8. The zero-order valence-electron chi connectivity index (χ0n) is 12.5. The summed E-state index contributed by atoms with van der Waals surface area (Å²) in [6.07, 6.45) is 4.01. The number of benzene rings is 2.